The normalized spacial score (nSPS) is 12.3. The van der Waals surface area contributed by atoms with Gasteiger partial charge >= 0.3 is 0 Å². The lowest BCUT2D eigenvalue weighted by atomic mass is 10.0. The molecule has 1 heterocycles. The number of anilines is 1. The van der Waals surface area contributed by atoms with Crippen molar-refractivity contribution in [2.45, 2.75) is 116 Å². The molecule has 0 saturated carbocycles. The first kappa shape index (κ1) is 36.1. The lowest BCUT2D eigenvalue weighted by Gasteiger charge is -2.11. The van der Waals surface area contributed by atoms with Crippen LogP contribution in [-0.4, -0.2) is 14.1 Å². The van der Waals surface area contributed by atoms with Gasteiger partial charge in [-0.2, -0.15) is 0 Å². The van der Waals surface area contributed by atoms with Gasteiger partial charge in [-0.25, -0.2) is 4.57 Å². The fourth-order valence-electron chi connectivity index (χ4n) is 5.17. The zero-order valence-corrected chi connectivity index (χ0v) is 27.8. The molecule has 0 unspecified atom stereocenters. The lowest BCUT2D eigenvalue weighted by Crippen LogP contribution is -2.32. The van der Waals surface area contributed by atoms with Gasteiger partial charge in [0.05, 0.1) is 0 Å². The maximum absolute atomic E-state index is 2.32. The third kappa shape index (κ3) is 19.6. The van der Waals surface area contributed by atoms with Crippen LogP contribution < -0.4 is 9.47 Å². The Bertz CT molecular complexity index is 1070. The number of allylic oxidation sites excluding steroid dienone is 8. The van der Waals surface area contributed by atoms with Crippen LogP contribution in [0.3, 0.4) is 0 Å². The van der Waals surface area contributed by atoms with Crippen molar-refractivity contribution >= 4 is 17.8 Å². The van der Waals surface area contributed by atoms with E-state index < -0.39 is 0 Å². The van der Waals surface area contributed by atoms with Gasteiger partial charge in [-0.1, -0.05) is 170 Å². The van der Waals surface area contributed by atoms with E-state index in [0.717, 1.165) is 6.54 Å². The van der Waals surface area contributed by atoms with Crippen LogP contribution in [0.1, 0.15) is 121 Å². The van der Waals surface area contributed by atoms with E-state index in [9.17, 15) is 0 Å². The quantitative estimate of drug-likeness (QED) is 0.0679. The third-order valence-corrected chi connectivity index (χ3v) is 7.95. The Labute approximate surface area is 265 Å². The molecule has 0 N–H and O–H groups in total. The molecule has 0 saturated heterocycles. The molecule has 2 heteroatoms. The molecule has 0 aliphatic heterocycles. The van der Waals surface area contributed by atoms with E-state index in [1.165, 1.54) is 120 Å². The molecule has 0 aliphatic rings. The van der Waals surface area contributed by atoms with Crippen LogP contribution in [0, 0.1) is 0 Å². The first-order valence-corrected chi connectivity index (χ1v) is 17.3. The summed E-state index contributed by atoms with van der Waals surface area (Å²) in [6, 6.07) is 13.0. The Morgan fingerprint density at radius 1 is 0.465 bits per heavy atom. The van der Waals surface area contributed by atoms with Crippen LogP contribution in [0.2, 0.25) is 0 Å². The highest BCUT2D eigenvalue weighted by atomic mass is 15.1. The predicted molar refractivity (Wildman–Crippen MR) is 192 cm³/mol. The van der Waals surface area contributed by atoms with Gasteiger partial charge in [0, 0.05) is 38.3 Å². The molecule has 0 atom stereocenters. The van der Waals surface area contributed by atoms with E-state index in [2.05, 4.69) is 128 Å². The number of unbranched alkanes of at least 4 members (excludes halogenated alkanes) is 15. The Morgan fingerprint density at radius 3 is 1.26 bits per heavy atom. The summed E-state index contributed by atoms with van der Waals surface area (Å²) < 4.78 is 2.32. The summed E-state index contributed by atoms with van der Waals surface area (Å²) in [5, 5.41) is 0. The average molecular weight is 582 g/mol. The summed E-state index contributed by atoms with van der Waals surface area (Å²) in [4.78, 5) is 2.11. The van der Waals surface area contributed by atoms with Gasteiger partial charge in [0.25, 0.3) is 0 Å². The zero-order chi connectivity index (χ0) is 30.6. The fraction of sp³-hybridized carbons (Fsp3) is 0.488. The van der Waals surface area contributed by atoms with Gasteiger partial charge in [-0.3, -0.25) is 0 Å². The first-order chi connectivity index (χ1) is 21.2. The Kier molecular flexibility index (Phi) is 21.3. The summed E-state index contributed by atoms with van der Waals surface area (Å²) >= 11 is 0. The average Bonchev–Trinajstić information content (AvgIpc) is 3.02. The lowest BCUT2D eigenvalue weighted by molar-refractivity contribution is -0.697. The van der Waals surface area contributed by atoms with Crippen molar-refractivity contribution in [1.82, 2.24) is 0 Å². The van der Waals surface area contributed by atoms with Gasteiger partial charge in [-0.15, -0.1) is 0 Å². The Hall–Kier alpha value is -3.13. The van der Waals surface area contributed by atoms with E-state index in [-0.39, 0.29) is 0 Å². The van der Waals surface area contributed by atoms with Crippen LogP contribution in [-0.2, 0) is 6.54 Å². The second-order valence-corrected chi connectivity index (χ2v) is 12.0. The second kappa shape index (κ2) is 25.4. The highest BCUT2D eigenvalue weighted by Gasteiger charge is 2.00. The fourth-order valence-corrected chi connectivity index (χ4v) is 5.17. The van der Waals surface area contributed by atoms with Gasteiger partial charge in [0.1, 0.15) is 6.54 Å². The number of aryl methyl sites for hydroxylation is 1. The van der Waals surface area contributed by atoms with Crippen molar-refractivity contribution in [2.24, 2.45) is 0 Å². The van der Waals surface area contributed by atoms with E-state index in [0.29, 0.717) is 0 Å². The molecule has 0 aliphatic carbocycles. The largest absolute Gasteiger partial charge is 0.378 e. The van der Waals surface area contributed by atoms with Crippen molar-refractivity contribution in [2.75, 3.05) is 19.0 Å². The highest BCUT2D eigenvalue weighted by molar-refractivity contribution is 5.56. The van der Waals surface area contributed by atoms with Crippen LogP contribution in [0.25, 0.3) is 12.2 Å². The summed E-state index contributed by atoms with van der Waals surface area (Å²) in [6.45, 7) is 3.42. The summed E-state index contributed by atoms with van der Waals surface area (Å²) in [7, 11) is 4.12. The van der Waals surface area contributed by atoms with Crippen molar-refractivity contribution in [3.8, 4) is 0 Å². The van der Waals surface area contributed by atoms with Crippen molar-refractivity contribution < 1.29 is 4.57 Å². The topological polar surface area (TPSA) is 7.12 Å². The molecule has 1 aromatic heterocycles. The minimum absolute atomic E-state index is 1.12. The highest BCUT2D eigenvalue weighted by Crippen LogP contribution is 2.14. The van der Waals surface area contributed by atoms with Gasteiger partial charge in [-0.05, 0) is 29.7 Å². The molecule has 0 radical (unpaired) electrons. The van der Waals surface area contributed by atoms with Crippen LogP contribution in [0.15, 0.2) is 97.4 Å². The van der Waals surface area contributed by atoms with E-state index >= 15 is 0 Å². The molecule has 0 fully saturated rings. The minimum atomic E-state index is 1.12. The first-order valence-electron chi connectivity index (χ1n) is 17.3. The molecule has 1 aromatic carbocycles. The molecule has 234 valence electrons. The zero-order valence-electron chi connectivity index (χ0n) is 27.8. The molecule has 2 nitrogen and oxygen atoms in total. The van der Waals surface area contributed by atoms with Crippen LogP contribution >= 0.6 is 0 Å². The van der Waals surface area contributed by atoms with Crippen molar-refractivity contribution in [3.05, 3.63) is 109 Å². The predicted octanol–water partition coefficient (Wildman–Crippen LogP) is 11.7. The van der Waals surface area contributed by atoms with Crippen LogP contribution in [0.4, 0.5) is 5.69 Å². The van der Waals surface area contributed by atoms with Gasteiger partial charge in [0.2, 0.25) is 0 Å². The molecule has 43 heavy (non-hydrogen) atoms. The number of aromatic nitrogens is 1. The van der Waals surface area contributed by atoms with Crippen molar-refractivity contribution in [1.29, 1.82) is 0 Å². The standard InChI is InChI=1S/C41H61N2/c1-4-5-6-7-8-9-10-11-12-13-14-15-18-21-24-27-36-43-37-34-40(35-38-43)29-26-23-20-17-16-19-22-25-28-39-30-32-41(33-31-39)42(2)3/h16-17,19-20,22-23,25-26,28-35,37-38H,4-15,18,21,24,27,36H2,1-3H3/q+1. The summed E-state index contributed by atoms with van der Waals surface area (Å²) in [5.74, 6) is 0. The monoisotopic (exact) mass is 581 g/mol. The molecule has 2 aromatic rings. The van der Waals surface area contributed by atoms with Crippen molar-refractivity contribution in [3.63, 3.8) is 0 Å². The Balaban J connectivity index is 1.46. The smallest absolute Gasteiger partial charge is 0.169 e. The maximum Gasteiger partial charge on any atom is 0.169 e. The van der Waals surface area contributed by atoms with Crippen LogP contribution in [0.5, 0.6) is 0 Å². The number of hydrogen-bond acceptors (Lipinski definition) is 1. The van der Waals surface area contributed by atoms with Gasteiger partial charge < -0.3 is 4.90 Å². The molecule has 0 spiro atoms. The Morgan fingerprint density at radius 2 is 0.837 bits per heavy atom. The molecule has 0 amide bonds. The number of rotatable bonds is 24. The summed E-state index contributed by atoms with van der Waals surface area (Å²) in [6.07, 6.45) is 47.9. The molecule has 2 rings (SSSR count). The third-order valence-electron chi connectivity index (χ3n) is 7.95. The van der Waals surface area contributed by atoms with E-state index in [1.807, 2.05) is 12.2 Å². The SMILES string of the molecule is CCCCCCCCCCCCCCCCCC[n+]1ccc(/C=C/C=C/C=C/C=C/C=C/c2ccc(N(C)C)cc2)cc1. The second-order valence-electron chi connectivity index (χ2n) is 12.0. The number of hydrogen-bond donors (Lipinski definition) is 0. The number of pyridine rings is 1. The van der Waals surface area contributed by atoms with Gasteiger partial charge in [0.15, 0.2) is 12.4 Å². The summed E-state index contributed by atoms with van der Waals surface area (Å²) in [5.41, 5.74) is 3.66. The molecular formula is C41H61N2+. The number of benzene rings is 1. The molecular weight excluding hydrogens is 520 g/mol. The maximum atomic E-state index is 2.32. The van der Waals surface area contributed by atoms with E-state index in [1.54, 1.807) is 0 Å². The van der Waals surface area contributed by atoms with E-state index in [4.69, 9.17) is 0 Å². The number of nitrogens with zero attached hydrogens (tertiary/aromatic N) is 2. The minimum Gasteiger partial charge on any atom is -0.378 e. The molecule has 0 bridgehead atoms.